The molecule has 0 aromatic carbocycles. The van der Waals surface area contributed by atoms with E-state index in [1.807, 2.05) is 19.2 Å². The molecule has 0 saturated heterocycles. The van der Waals surface area contributed by atoms with Crippen molar-refractivity contribution in [2.24, 2.45) is 0 Å². The van der Waals surface area contributed by atoms with Crippen LogP contribution in [0.15, 0.2) is 5.38 Å². The Balaban J connectivity index is 2.50. The quantitative estimate of drug-likeness (QED) is 0.860. The van der Waals surface area contributed by atoms with Crippen LogP contribution >= 0.6 is 11.3 Å². The number of rotatable bonds is 5. The van der Waals surface area contributed by atoms with E-state index in [1.165, 1.54) is 16.2 Å². The molecule has 2 amide bonds. The summed E-state index contributed by atoms with van der Waals surface area (Å²) in [5.74, 6) is -0.609. The summed E-state index contributed by atoms with van der Waals surface area (Å²) in [7, 11) is 1.55. The van der Waals surface area contributed by atoms with Gasteiger partial charge in [0.2, 0.25) is 0 Å². The number of carboxylic acids is 1. The number of nitrogens with zero attached hydrogens (tertiary/aromatic N) is 2. The molecule has 0 aliphatic heterocycles. The van der Waals surface area contributed by atoms with Crippen molar-refractivity contribution in [3.8, 4) is 0 Å². The minimum absolute atomic E-state index is 0.0704. The number of carbonyl (C=O) groups is 2. The molecule has 100 valence electrons. The third-order valence-electron chi connectivity index (χ3n) is 2.34. The molecular weight excluding hydrogens is 254 g/mol. The van der Waals surface area contributed by atoms with E-state index in [2.05, 4.69) is 10.3 Å². The Labute approximate surface area is 110 Å². The lowest BCUT2D eigenvalue weighted by molar-refractivity contribution is -0.137. The monoisotopic (exact) mass is 271 g/mol. The highest BCUT2D eigenvalue weighted by Crippen LogP contribution is 2.21. The number of amides is 2. The summed E-state index contributed by atoms with van der Waals surface area (Å²) in [6.45, 7) is 4.23. The maximum absolute atomic E-state index is 11.7. The topological polar surface area (TPSA) is 82.5 Å². The molecule has 0 saturated carbocycles. The molecular formula is C11H17N3O3S. The van der Waals surface area contributed by atoms with Gasteiger partial charge in [-0.1, -0.05) is 13.8 Å². The van der Waals surface area contributed by atoms with Crippen LogP contribution in [0.3, 0.4) is 0 Å². The van der Waals surface area contributed by atoms with Gasteiger partial charge in [-0.05, 0) is 5.92 Å². The molecule has 0 bridgehead atoms. The second-order valence-electron chi connectivity index (χ2n) is 4.23. The van der Waals surface area contributed by atoms with Crippen molar-refractivity contribution in [3.63, 3.8) is 0 Å². The van der Waals surface area contributed by atoms with Gasteiger partial charge in [-0.25, -0.2) is 9.78 Å². The highest BCUT2D eigenvalue weighted by molar-refractivity contribution is 7.13. The average molecular weight is 271 g/mol. The van der Waals surface area contributed by atoms with Gasteiger partial charge >= 0.3 is 12.0 Å². The fourth-order valence-electron chi connectivity index (χ4n) is 1.16. The van der Waals surface area contributed by atoms with Crippen molar-refractivity contribution < 1.29 is 14.7 Å². The van der Waals surface area contributed by atoms with Gasteiger partial charge < -0.3 is 10.0 Å². The standard InChI is InChI=1S/C11H17N3O3S/c1-7(2)8-6-18-10(12-8)13-11(17)14(3)5-4-9(15)16/h6-7H,4-5H2,1-3H3,(H,15,16)(H,12,13,17). The second-order valence-corrected chi connectivity index (χ2v) is 5.09. The van der Waals surface area contributed by atoms with E-state index in [0.717, 1.165) is 5.69 Å². The molecule has 0 spiro atoms. The summed E-state index contributed by atoms with van der Waals surface area (Å²) >= 11 is 1.36. The Bertz CT molecular complexity index is 431. The second kappa shape index (κ2) is 6.34. The van der Waals surface area contributed by atoms with Crippen molar-refractivity contribution in [1.82, 2.24) is 9.88 Å². The number of anilines is 1. The lowest BCUT2D eigenvalue weighted by atomic mass is 10.2. The lowest BCUT2D eigenvalue weighted by Gasteiger charge is -2.15. The van der Waals surface area contributed by atoms with E-state index in [4.69, 9.17) is 5.11 Å². The van der Waals surface area contributed by atoms with Crippen molar-refractivity contribution in [3.05, 3.63) is 11.1 Å². The first-order valence-electron chi connectivity index (χ1n) is 5.59. The number of urea groups is 1. The Hall–Kier alpha value is -1.63. The zero-order chi connectivity index (χ0) is 13.7. The summed E-state index contributed by atoms with van der Waals surface area (Å²) in [5.41, 5.74) is 0.934. The first-order chi connectivity index (χ1) is 8.40. The number of carbonyl (C=O) groups excluding carboxylic acids is 1. The van der Waals surface area contributed by atoms with Gasteiger partial charge in [-0.2, -0.15) is 0 Å². The Morgan fingerprint density at radius 3 is 2.72 bits per heavy atom. The van der Waals surface area contributed by atoms with E-state index in [0.29, 0.717) is 11.0 Å². The average Bonchev–Trinajstić information content (AvgIpc) is 2.74. The Morgan fingerprint density at radius 1 is 1.56 bits per heavy atom. The number of thiazole rings is 1. The molecule has 1 aromatic heterocycles. The van der Waals surface area contributed by atoms with Crippen molar-refractivity contribution in [2.45, 2.75) is 26.2 Å². The van der Waals surface area contributed by atoms with Gasteiger partial charge in [0.05, 0.1) is 12.1 Å². The predicted octanol–water partition coefficient (Wildman–Crippen LogP) is 2.20. The third kappa shape index (κ3) is 4.33. The molecule has 1 heterocycles. The summed E-state index contributed by atoms with van der Waals surface area (Å²) in [6.07, 6.45) is -0.0704. The van der Waals surface area contributed by atoms with Crippen LogP contribution in [-0.2, 0) is 4.79 Å². The largest absolute Gasteiger partial charge is 0.481 e. The number of carboxylic acid groups (broad SMARTS) is 1. The predicted molar refractivity (Wildman–Crippen MR) is 70.1 cm³/mol. The van der Waals surface area contributed by atoms with Gasteiger partial charge in [-0.3, -0.25) is 10.1 Å². The Kier molecular flexibility index (Phi) is 5.08. The summed E-state index contributed by atoms with van der Waals surface area (Å²) in [6, 6.07) is -0.346. The van der Waals surface area contributed by atoms with Crippen LogP contribution in [0.5, 0.6) is 0 Å². The van der Waals surface area contributed by atoms with Crippen LogP contribution in [0, 0.1) is 0 Å². The highest BCUT2D eigenvalue weighted by Gasteiger charge is 2.13. The number of aliphatic carboxylic acids is 1. The first-order valence-corrected chi connectivity index (χ1v) is 6.47. The summed E-state index contributed by atoms with van der Waals surface area (Å²) in [4.78, 5) is 27.7. The molecule has 18 heavy (non-hydrogen) atoms. The molecule has 0 radical (unpaired) electrons. The maximum Gasteiger partial charge on any atom is 0.323 e. The van der Waals surface area contributed by atoms with Gasteiger partial charge in [-0.15, -0.1) is 11.3 Å². The van der Waals surface area contributed by atoms with Crippen molar-refractivity contribution >= 4 is 28.5 Å². The molecule has 0 aliphatic carbocycles. The molecule has 0 atom stereocenters. The van der Waals surface area contributed by atoms with Gasteiger partial charge in [0.1, 0.15) is 0 Å². The molecule has 7 heteroatoms. The zero-order valence-corrected chi connectivity index (χ0v) is 11.5. The van der Waals surface area contributed by atoms with Crippen LogP contribution in [0.25, 0.3) is 0 Å². The summed E-state index contributed by atoms with van der Waals surface area (Å²) in [5, 5.41) is 13.6. The van der Waals surface area contributed by atoms with E-state index < -0.39 is 5.97 Å². The smallest absolute Gasteiger partial charge is 0.323 e. The molecule has 1 aromatic rings. The van der Waals surface area contributed by atoms with E-state index in [9.17, 15) is 9.59 Å². The molecule has 6 nitrogen and oxygen atoms in total. The maximum atomic E-state index is 11.7. The number of nitrogens with one attached hydrogen (secondary N) is 1. The van der Waals surface area contributed by atoms with Crippen molar-refractivity contribution in [1.29, 1.82) is 0 Å². The van der Waals surface area contributed by atoms with E-state index >= 15 is 0 Å². The van der Waals surface area contributed by atoms with E-state index in [1.54, 1.807) is 7.05 Å². The summed E-state index contributed by atoms with van der Waals surface area (Å²) < 4.78 is 0. The van der Waals surface area contributed by atoms with Crippen LogP contribution < -0.4 is 5.32 Å². The van der Waals surface area contributed by atoms with E-state index in [-0.39, 0.29) is 19.0 Å². The van der Waals surface area contributed by atoms with Gasteiger partial charge in [0.25, 0.3) is 0 Å². The minimum Gasteiger partial charge on any atom is -0.481 e. The number of hydrogen-bond acceptors (Lipinski definition) is 4. The molecule has 0 aliphatic rings. The lowest BCUT2D eigenvalue weighted by Crippen LogP contribution is -2.33. The number of hydrogen-bond donors (Lipinski definition) is 2. The Morgan fingerprint density at radius 2 is 2.22 bits per heavy atom. The van der Waals surface area contributed by atoms with Gasteiger partial charge in [0.15, 0.2) is 5.13 Å². The SMILES string of the molecule is CC(C)c1csc(NC(=O)N(C)CCC(=O)O)n1. The molecule has 2 N–H and O–H groups in total. The van der Waals surface area contributed by atoms with Crippen LogP contribution in [0.2, 0.25) is 0 Å². The number of aromatic nitrogens is 1. The molecule has 0 fully saturated rings. The fraction of sp³-hybridized carbons (Fsp3) is 0.545. The van der Waals surface area contributed by atoms with Gasteiger partial charge in [0, 0.05) is 19.0 Å². The van der Waals surface area contributed by atoms with Crippen LogP contribution in [0.1, 0.15) is 31.9 Å². The zero-order valence-electron chi connectivity index (χ0n) is 10.6. The normalized spacial score (nSPS) is 10.4. The molecule has 0 unspecified atom stereocenters. The highest BCUT2D eigenvalue weighted by atomic mass is 32.1. The van der Waals surface area contributed by atoms with Crippen molar-refractivity contribution in [2.75, 3.05) is 18.9 Å². The first kappa shape index (κ1) is 14.4. The fourth-order valence-corrected chi connectivity index (χ4v) is 2.02. The van der Waals surface area contributed by atoms with Crippen LogP contribution in [0.4, 0.5) is 9.93 Å². The minimum atomic E-state index is -0.925. The van der Waals surface area contributed by atoms with Crippen LogP contribution in [-0.4, -0.2) is 40.6 Å². The third-order valence-corrected chi connectivity index (χ3v) is 3.11. The molecule has 1 rings (SSSR count).